The molecule has 10 heteroatoms. The summed E-state index contributed by atoms with van der Waals surface area (Å²) in [4.78, 5) is 24.2. The van der Waals surface area contributed by atoms with E-state index in [-0.39, 0.29) is 22.0 Å². The molecule has 0 saturated heterocycles. The van der Waals surface area contributed by atoms with Gasteiger partial charge in [0.25, 0.3) is 0 Å². The van der Waals surface area contributed by atoms with Crippen molar-refractivity contribution < 1.29 is 22.8 Å². The average Bonchev–Trinajstić information content (AvgIpc) is 2.59. The van der Waals surface area contributed by atoms with Crippen LogP contribution in [0.4, 0.5) is 18.9 Å². The Morgan fingerprint density at radius 1 is 1.36 bits per heavy atom. The number of benzene rings is 1. The molecule has 0 radical (unpaired) electrons. The molecular formula is C18H15F3N4O2S. The number of nitriles is 2. The molecule has 1 aliphatic heterocycles. The molecular weight excluding hydrogens is 393 g/mol. The zero-order chi connectivity index (χ0) is 21.1. The van der Waals surface area contributed by atoms with Crippen LogP contribution >= 0.6 is 11.8 Å². The minimum atomic E-state index is -4.53. The summed E-state index contributed by atoms with van der Waals surface area (Å²) in [7, 11) is 0. The monoisotopic (exact) mass is 408 g/mol. The van der Waals surface area contributed by atoms with Crippen molar-refractivity contribution in [2.75, 3.05) is 11.1 Å². The molecule has 0 fully saturated rings. The highest BCUT2D eigenvalue weighted by atomic mass is 32.2. The van der Waals surface area contributed by atoms with E-state index >= 15 is 0 Å². The van der Waals surface area contributed by atoms with Crippen LogP contribution in [-0.2, 0) is 15.8 Å². The number of carbonyl (C=O) groups excluding carboxylic acids is 2. The summed E-state index contributed by atoms with van der Waals surface area (Å²) >= 11 is 0.867. The van der Waals surface area contributed by atoms with Crippen LogP contribution in [0.2, 0.25) is 0 Å². The Balaban J connectivity index is 2.12. The van der Waals surface area contributed by atoms with E-state index in [1.807, 2.05) is 12.1 Å². The molecule has 1 aromatic rings. The number of halogens is 3. The van der Waals surface area contributed by atoms with E-state index in [9.17, 15) is 28.0 Å². The van der Waals surface area contributed by atoms with Crippen molar-refractivity contribution in [3.63, 3.8) is 0 Å². The van der Waals surface area contributed by atoms with Crippen molar-refractivity contribution in [3.05, 3.63) is 40.4 Å². The smallest absolute Gasteiger partial charge is 0.325 e. The third-order valence-corrected chi connectivity index (χ3v) is 5.16. The van der Waals surface area contributed by atoms with Crippen molar-refractivity contribution in [1.82, 2.24) is 5.32 Å². The first kappa shape index (κ1) is 21.3. The average molecular weight is 408 g/mol. The molecule has 28 heavy (non-hydrogen) atoms. The Kier molecular flexibility index (Phi) is 6.05. The lowest BCUT2D eigenvalue weighted by Crippen LogP contribution is -2.44. The quantitative estimate of drug-likeness (QED) is 0.794. The highest BCUT2D eigenvalue weighted by molar-refractivity contribution is 8.03. The van der Waals surface area contributed by atoms with E-state index in [0.29, 0.717) is 0 Å². The summed E-state index contributed by atoms with van der Waals surface area (Å²) < 4.78 is 38.2. The summed E-state index contributed by atoms with van der Waals surface area (Å²) in [6.45, 7) is 3.17. The van der Waals surface area contributed by atoms with Crippen molar-refractivity contribution in [2.45, 2.75) is 20.0 Å². The molecule has 0 saturated carbocycles. The number of hydrogen-bond donors (Lipinski definition) is 2. The van der Waals surface area contributed by atoms with Gasteiger partial charge >= 0.3 is 6.18 Å². The Morgan fingerprint density at radius 3 is 2.61 bits per heavy atom. The predicted molar refractivity (Wildman–Crippen MR) is 96.2 cm³/mol. The summed E-state index contributed by atoms with van der Waals surface area (Å²) in [6.07, 6.45) is -4.53. The maximum absolute atomic E-state index is 12.7. The van der Waals surface area contributed by atoms with Crippen molar-refractivity contribution in [3.8, 4) is 12.1 Å². The molecule has 6 nitrogen and oxygen atoms in total. The topological polar surface area (TPSA) is 106 Å². The number of amides is 2. The van der Waals surface area contributed by atoms with Crippen molar-refractivity contribution in [1.29, 1.82) is 10.5 Å². The lowest BCUT2D eigenvalue weighted by atomic mass is 9.72. The zero-order valence-electron chi connectivity index (χ0n) is 14.8. The summed E-state index contributed by atoms with van der Waals surface area (Å²) in [5.41, 5.74) is -1.79. The van der Waals surface area contributed by atoms with Crippen LogP contribution in [0, 0.1) is 34.0 Å². The van der Waals surface area contributed by atoms with Crippen molar-refractivity contribution >= 4 is 29.3 Å². The molecule has 0 aromatic heterocycles. The van der Waals surface area contributed by atoms with Gasteiger partial charge in [0.05, 0.1) is 34.1 Å². The van der Waals surface area contributed by atoms with Gasteiger partial charge in [-0.15, -0.1) is 0 Å². The number of anilines is 1. The van der Waals surface area contributed by atoms with Gasteiger partial charge < -0.3 is 10.6 Å². The normalized spacial score (nSPS) is 18.7. The van der Waals surface area contributed by atoms with Crippen LogP contribution in [0.1, 0.15) is 19.4 Å². The number of nitrogens with zero attached hydrogens (tertiary/aromatic N) is 2. The molecule has 146 valence electrons. The molecule has 2 N–H and O–H groups in total. The third kappa shape index (κ3) is 4.46. The van der Waals surface area contributed by atoms with E-state index < -0.39 is 34.9 Å². The largest absolute Gasteiger partial charge is 0.416 e. The Hall–Kier alpha value is -2.98. The van der Waals surface area contributed by atoms with Crippen LogP contribution in [-0.4, -0.2) is 17.6 Å². The maximum Gasteiger partial charge on any atom is 0.416 e. The molecule has 2 rings (SSSR count). The summed E-state index contributed by atoms with van der Waals surface area (Å²) in [5.74, 6) is -2.48. The molecule has 0 aliphatic carbocycles. The Morgan fingerprint density at radius 2 is 2.04 bits per heavy atom. The fourth-order valence-corrected chi connectivity index (χ4v) is 3.62. The molecule has 1 aromatic carbocycles. The Bertz CT molecular complexity index is 926. The minimum Gasteiger partial charge on any atom is -0.325 e. The molecule has 0 spiro atoms. The molecule has 1 heterocycles. The van der Waals surface area contributed by atoms with Gasteiger partial charge in [-0.2, -0.15) is 23.7 Å². The first-order valence-corrected chi connectivity index (χ1v) is 8.94. The van der Waals surface area contributed by atoms with Crippen LogP contribution in [0.15, 0.2) is 34.9 Å². The van der Waals surface area contributed by atoms with Crippen molar-refractivity contribution in [2.24, 2.45) is 11.3 Å². The minimum absolute atomic E-state index is 0.0209. The highest BCUT2D eigenvalue weighted by Crippen LogP contribution is 2.41. The molecule has 2 amide bonds. The first-order valence-electron chi connectivity index (χ1n) is 7.96. The van der Waals surface area contributed by atoms with Crippen LogP contribution in [0.25, 0.3) is 0 Å². The highest BCUT2D eigenvalue weighted by Gasteiger charge is 2.44. The maximum atomic E-state index is 12.7. The van der Waals surface area contributed by atoms with Gasteiger partial charge in [0.1, 0.15) is 5.92 Å². The first-order chi connectivity index (χ1) is 13.0. The molecule has 1 aliphatic rings. The fraction of sp³-hybridized carbons (Fsp3) is 0.333. The van der Waals surface area contributed by atoms with Crippen LogP contribution in [0.5, 0.6) is 0 Å². The lowest BCUT2D eigenvalue weighted by molar-refractivity contribution is -0.137. The number of hydrogen-bond acceptors (Lipinski definition) is 5. The molecule has 1 atom stereocenters. The van der Waals surface area contributed by atoms with Crippen LogP contribution in [0.3, 0.4) is 0 Å². The van der Waals surface area contributed by atoms with Gasteiger partial charge in [0.2, 0.25) is 11.8 Å². The van der Waals surface area contributed by atoms with E-state index in [1.165, 1.54) is 12.1 Å². The molecule has 0 unspecified atom stereocenters. The summed E-state index contributed by atoms with van der Waals surface area (Å²) in [5, 5.41) is 23.5. The molecule has 0 bridgehead atoms. The SMILES string of the molecule is CC1(C)C(C#N)=C(SCC(=O)Nc2cccc(C(F)(F)F)c2)NC(=O)[C@H]1C#N. The van der Waals surface area contributed by atoms with E-state index in [2.05, 4.69) is 10.6 Å². The fourth-order valence-electron chi connectivity index (χ4n) is 2.64. The van der Waals surface area contributed by atoms with Gasteiger partial charge in [0.15, 0.2) is 0 Å². The van der Waals surface area contributed by atoms with Gasteiger partial charge in [-0.3, -0.25) is 9.59 Å². The van der Waals surface area contributed by atoms with Gasteiger partial charge in [-0.1, -0.05) is 31.7 Å². The van der Waals surface area contributed by atoms with Gasteiger partial charge in [0, 0.05) is 11.1 Å². The summed E-state index contributed by atoms with van der Waals surface area (Å²) in [6, 6.07) is 8.02. The third-order valence-electron chi connectivity index (χ3n) is 4.15. The number of rotatable bonds is 4. The number of thioether (sulfide) groups is 1. The predicted octanol–water partition coefficient (Wildman–Crippen LogP) is 3.41. The van der Waals surface area contributed by atoms with Gasteiger partial charge in [-0.05, 0) is 18.2 Å². The number of alkyl halides is 3. The second-order valence-corrected chi connectivity index (χ2v) is 7.49. The van der Waals surface area contributed by atoms with E-state index in [4.69, 9.17) is 5.26 Å². The lowest BCUT2D eigenvalue weighted by Gasteiger charge is -2.34. The second kappa shape index (κ2) is 7.95. The number of nitrogens with one attached hydrogen (secondary N) is 2. The Labute approximate surface area is 163 Å². The van der Waals surface area contributed by atoms with E-state index in [0.717, 1.165) is 23.9 Å². The van der Waals surface area contributed by atoms with Gasteiger partial charge in [-0.25, -0.2) is 0 Å². The van der Waals surface area contributed by atoms with Crippen LogP contribution < -0.4 is 10.6 Å². The number of carbonyl (C=O) groups is 2. The zero-order valence-corrected chi connectivity index (χ0v) is 15.7. The van der Waals surface area contributed by atoms with E-state index in [1.54, 1.807) is 13.8 Å². The standard InChI is InChI=1S/C18H15F3N4O2S/c1-17(2)12(7-22)15(27)25-16(13(17)8-23)28-9-14(26)24-11-5-3-4-10(6-11)18(19,20)21/h3-6,12H,9H2,1-2H3,(H,24,26)(H,25,27)/t12-/m1/s1. The second-order valence-electron chi connectivity index (χ2n) is 6.50. The number of allylic oxidation sites excluding steroid dienone is 1.